The molecule has 0 bridgehead atoms. The van der Waals surface area contributed by atoms with Crippen LogP contribution in [0.1, 0.15) is 6.92 Å². The van der Waals surface area contributed by atoms with Gasteiger partial charge in [-0.1, -0.05) is 22.0 Å². The van der Waals surface area contributed by atoms with Gasteiger partial charge in [-0.15, -0.1) is 11.3 Å². The smallest absolute Gasteiger partial charge is 0.252 e. The lowest BCUT2D eigenvalue weighted by atomic mass is 10.2. The van der Waals surface area contributed by atoms with Gasteiger partial charge >= 0.3 is 0 Å². The number of halogens is 1. The Labute approximate surface area is 166 Å². The molecule has 1 aromatic heterocycles. The molecule has 2 aromatic rings. The number of piperazine rings is 1. The molecule has 0 spiro atoms. The molecule has 1 aliphatic rings. The van der Waals surface area contributed by atoms with E-state index in [4.69, 9.17) is 0 Å². The Hall–Kier alpha value is -1.26. The summed E-state index contributed by atoms with van der Waals surface area (Å²) in [5, 5.41) is 4.66. The molecule has 9 heteroatoms. The number of carbonyl (C=O) groups is 1. The molecule has 1 fully saturated rings. The van der Waals surface area contributed by atoms with E-state index < -0.39 is 10.0 Å². The Morgan fingerprint density at radius 3 is 2.38 bits per heavy atom. The largest absolute Gasteiger partial charge is 0.325 e. The highest BCUT2D eigenvalue weighted by Gasteiger charge is 2.32. The molecule has 2 heterocycles. The number of rotatable bonds is 5. The maximum absolute atomic E-state index is 12.6. The Morgan fingerprint density at radius 2 is 1.81 bits per heavy atom. The lowest BCUT2D eigenvalue weighted by Crippen LogP contribution is -2.53. The van der Waals surface area contributed by atoms with E-state index in [9.17, 15) is 13.2 Å². The third-order valence-corrected chi connectivity index (χ3v) is 8.20. The zero-order valence-corrected chi connectivity index (χ0v) is 17.5. The standard InChI is InChI=1S/C17H20BrN3O3S2/c1-13(17(22)19-15-6-4-14(18)5-7-15)20-8-10-21(11-9-20)26(23,24)16-3-2-12-25-16/h2-7,12-13H,8-11H2,1H3,(H,19,22)/t13-/m1/s1. The molecule has 0 aliphatic carbocycles. The normalized spacial score (nSPS) is 17.8. The van der Waals surface area contributed by atoms with Gasteiger partial charge in [0.2, 0.25) is 5.91 Å². The minimum atomic E-state index is -3.42. The van der Waals surface area contributed by atoms with Crippen LogP contribution in [-0.4, -0.2) is 55.8 Å². The Kier molecular flexibility index (Phi) is 6.13. The molecule has 1 aliphatic heterocycles. The fourth-order valence-electron chi connectivity index (χ4n) is 2.81. The fourth-order valence-corrected chi connectivity index (χ4v) is 5.65. The van der Waals surface area contributed by atoms with Crippen LogP contribution in [0.3, 0.4) is 0 Å². The zero-order valence-electron chi connectivity index (χ0n) is 14.3. The Morgan fingerprint density at radius 1 is 1.15 bits per heavy atom. The van der Waals surface area contributed by atoms with Crippen molar-refractivity contribution in [3.63, 3.8) is 0 Å². The molecule has 0 radical (unpaired) electrons. The van der Waals surface area contributed by atoms with E-state index in [0.717, 1.165) is 10.2 Å². The highest BCUT2D eigenvalue weighted by Crippen LogP contribution is 2.22. The monoisotopic (exact) mass is 457 g/mol. The number of benzene rings is 1. The van der Waals surface area contributed by atoms with Crippen LogP contribution in [0.4, 0.5) is 5.69 Å². The highest BCUT2D eigenvalue weighted by molar-refractivity contribution is 9.10. The van der Waals surface area contributed by atoms with Crippen molar-refractivity contribution < 1.29 is 13.2 Å². The van der Waals surface area contributed by atoms with E-state index in [2.05, 4.69) is 21.2 Å². The first-order valence-corrected chi connectivity index (χ1v) is 11.3. The number of anilines is 1. The molecule has 26 heavy (non-hydrogen) atoms. The van der Waals surface area contributed by atoms with Crippen LogP contribution in [-0.2, 0) is 14.8 Å². The van der Waals surface area contributed by atoms with E-state index in [-0.39, 0.29) is 11.9 Å². The molecule has 1 saturated heterocycles. The van der Waals surface area contributed by atoms with Crippen LogP contribution in [0.5, 0.6) is 0 Å². The summed E-state index contributed by atoms with van der Waals surface area (Å²) >= 11 is 4.59. The predicted octanol–water partition coefficient (Wildman–Crippen LogP) is 2.84. The molecular formula is C17H20BrN3O3S2. The molecule has 140 valence electrons. The van der Waals surface area contributed by atoms with Gasteiger partial charge < -0.3 is 5.32 Å². The van der Waals surface area contributed by atoms with Gasteiger partial charge in [-0.25, -0.2) is 8.42 Å². The van der Waals surface area contributed by atoms with Crippen molar-refractivity contribution in [2.24, 2.45) is 0 Å². The summed E-state index contributed by atoms with van der Waals surface area (Å²) in [5.74, 6) is -0.0955. The van der Waals surface area contributed by atoms with Crippen LogP contribution in [0, 0.1) is 0 Å². The molecular weight excluding hydrogens is 438 g/mol. The van der Waals surface area contributed by atoms with Crippen molar-refractivity contribution in [3.8, 4) is 0 Å². The van der Waals surface area contributed by atoms with Crippen molar-refractivity contribution in [1.82, 2.24) is 9.21 Å². The molecule has 6 nitrogen and oxygen atoms in total. The highest BCUT2D eigenvalue weighted by atomic mass is 79.9. The number of amides is 1. The Bertz CT molecular complexity index is 846. The lowest BCUT2D eigenvalue weighted by Gasteiger charge is -2.36. The van der Waals surface area contributed by atoms with E-state index in [1.54, 1.807) is 17.5 Å². The van der Waals surface area contributed by atoms with Gasteiger partial charge in [-0.05, 0) is 42.6 Å². The maximum atomic E-state index is 12.6. The van der Waals surface area contributed by atoms with Crippen LogP contribution in [0.2, 0.25) is 0 Å². The summed E-state index contributed by atoms with van der Waals surface area (Å²) in [6, 6.07) is 10.4. The Balaban J connectivity index is 1.57. The molecule has 1 aromatic carbocycles. The maximum Gasteiger partial charge on any atom is 0.252 e. The van der Waals surface area contributed by atoms with Crippen molar-refractivity contribution in [1.29, 1.82) is 0 Å². The molecule has 3 rings (SSSR count). The molecule has 1 amide bonds. The average molecular weight is 458 g/mol. The van der Waals surface area contributed by atoms with Crippen LogP contribution in [0.25, 0.3) is 0 Å². The van der Waals surface area contributed by atoms with Crippen molar-refractivity contribution in [2.45, 2.75) is 17.2 Å². The van der Waals surface area contributed by atoms with Crippen molar-refractivity contribution in [2.75, 3.05) is 31.5 Å². The number of hydrogen-bond donors (Lipinski definition) is 1. The minimum Gasteiger partial charge on any atom is -0.325 e. The second-order valence-electron chi connectivity index (χ2n) is 6.04. The summed E-state index contributed by atoms with van der Waals surface area (Å²) in [4.78, 5) is 14.5. The molecule has 0 saturated carbocycles. The molecule has 1 atom stereocenters. The van der Waals surface area contributed by atoms with Gasteiger partial charge in [-0.2, -0.15) is 4.31 Å². The van der Waals surface area contributed by atoms with E-state index in [1.807, 2.05) is 36.1 Å². The SMILES string of the molecule is C[C@H](C(=O)Nc1ccc(Br)cc1)N1CCN(S(=O)(=O)c2cccs2)CC1. The second kappa shape index (κ2) is 8.18. The summed E-state index contributed by atoms with van der Waals surface area (Å²) in [6.07, 6.45) is 0. The predicted molar refractivity (Wildman–Crippen MR) is 107 cm³/mol. The second-order valence-corrected chi connectivity index (χ2v) is 10.1. The van der Waals surface area contributed by atoms with Crippen LogP contribution >= 0.6 is 27.3 Å². The summed E-state index contributed by atoms with van der Waals surface area (Å²) in [7, 11) is -3.42. The van der Waals surface area contributed by atoms with Gasteiger partial charge in [0.25, 0.3) is 10.0 Å². The molecule has 0 unspecified atom stereocenters. The topological polar surface area (TPSA) is 69.7 Å². The third kappa shape index (κ3) is 4.34. The van der Waals surface area contributed by atoms with Crippen molar-refractivity contribution in [3.05, 3.63) is 46.3 Å². The summed E-state index contributed by atoms with van der Waals surface area (Å²) in [6.45, 7) is 3.67. The third-order valence-electron chi connectivity index (χ3n) is 4.40. The van der Waals surface area contributed by atoms with Crippen molar-refractivity contribution >= 4 is 48.9 Å². The van der Waals surface area contributed by atoms with E-state index >= 15 is 0 Å². The van der Waals surface area contributed by atoms with Crippen LogP contribution in [0.15, 0.2) is 50.5 Å². The van der Waals surface area contributed by atoms with Gasteiger partial charge in [0.15, 0.2) is 0 Å². The number of nitrogens with zero attached hydrogens (tertiary/aromatic N) is 2. The van der Waals surface area contributed by atoms with Gasteiger partial charge in [0.1, 0.15) is 4.21 Å². The zero-order chi connectivity index (χ0) is 18.7. The van der Waals surface area contributed by atoms with E-state index in [0.29, 0.717) is 30.4 Å². The summed E-state index contributed by atoms with van der Waals surface area (Å²) in [5.41, 5.74) is 0.740. The summed E-state index contributed by atoms with van der Waals surface area (Å²) < 4.78 is 27.9. The number of sulfonamides is 1. The number of nitrogens with one attached hydrogen (secondary N) is 1. The quantitative estimate of drug-likeness (QED) is 0.748. The average Bonchev–Trinajstić information content (AvgIpc) is 3.18. The van der Waals surface area contributed by atoms with Gasteiger partial charge in [0.05, 0.1) is 6.04 Å². The minimum absolute atomic E-state index is 0.0955. The van der Waals surface area contributed by atoms with E-state index in [1.165, 1.54) is 15.6 Å². The number of hydrogen-bond acceptors (Lipinski definition) is 5. The first-order valence-electron chi connectivity index (χ1n) is 8.22. The lowest BCUT2D eigenvalue weighted by molar-refractivity contribution is -0.121. The fraction of sp³-hybridized carbons (Fsp3) is 0.353. The molecule has 1 N–H and O–H groups in total. The first-order chi connectivity index (χ1) is 12.4. The first kappa shape index (κ1) is 19.5. The number of thiophene rings is 1. The number of carbonyl (C=O) groups excluding carboxylic acids is 1. The van der Waals surface area contributed by atoms with Gasteiger partial charge in [0, 0.05) is 36.3 Å². The van der Waals surface area contributed by atoms with Gasteiger partial charge in [-0.3, -0.25) is 9.69 Å². The van der Waals surface area contributed by atoms with Crippen LogP contribution < -0.4 is 5.32 Å².